The number of rotatable bonds is 4. The third-order valence-corrected chi connectivity index (χ3v) is 2.05. The highest BCUT2D eigenvalue weighted by molar-refractivity contribution is 5.81. The van der Waals surface area contributed by atoms with Gasteiger partial charge in [-0.3, -0.25) is 4.79 Å². The SMILES string of the molecule is CCCCNC(=O)Nn1cnc(=O)cc1C. The standard InChI is InChI=1S/C10H16N4O2/c1-3-4-5-11-10(16)13-14-7-12-9(15)6-8(14)2/h6-7H,3-5H2,1-2H3,(H2,11,13,16). The normalized spacial score (nSPS) is 9.88. The largest absolute Gasteiger partial charge is 0.337 e. The lowest BCUT2D eigenvalue weighted by atomic mass is 10.3. The summed E-state index contributed by atoms with van der Waals surface area (Å²) >= 11 is 0. The minimum atomic E-state index is -0.318. The van der Waals surface area contributed by atoms with Crippen LogP contribution in [0.15, 0.2) is 17.2 Å². The molecule has 0 saturated heterocycles. The predicted octanol–water partition coefficient (Wildman–Crippen LogP) is 0.605. The van der Waals surface area contributed by atoms with Crippen molar-refractivity contribution >= 4 is 6.03 Å². The Morgan fingerprint density at radius 1 is 1.56 bits per heavy atom. The summed E-state index contributed by atoms with van der Waals surface area (Å²) in [5.74, 6) is 0. The predicted molar refractivity (Wildman–Crippen MR) is 60.9 cm³/mol. The second-order valence-electron chi connectivity index (χ2n) is 3.46. The highest BCUT2D eigenvalue weighted by Crippen LogP contribution is 1.89. The third kappa shape index (κ3) is 3.72. The van der Waals surface area contributed by atoms with Gasteiger partial charge in [-0.25, -0.2) is 14.9 Å². The molecule has 0 saturated carbocycles. The van der Waals surface area contributed by atoms with Gasteiger partial charge >= 0.3 is 6.03 Å². The van der Waals surface area contributed by atoms with Crippen molar-refractivity contribution in [2.45, 2.75) is 26.7 Å². The van der Waals surface area contributed by atoms with Crippen LogP contribution in [0.1, 0.15) is 25.5 Å². The number of urea groups is 1. The zero-order valence-corrected chi connectivity index (χ0v) is 9.49. The first kappa shape index (κ1) is 12.2. The highest BCUT2D eigenvalue weighted by Gasteiger charge is 2.01. The maximum atomic E-state index is 11.4. The molecule has 0 aliphatic heterocycles. The zero-order chi connectivity index (χ0) is 12.0. The zero-order valence-electron chi connectivity index (χ0n) is 9.49. The second-order valence-corrected chi connectivity index (χ2v) is 3.46. The number of carbonyl (C=O) groups excluding carboxylic acids is 1. The van der Waals surface area contributed by atoms with Gasteiger partial charge in [-0.2, -0.15) is 4.98 Å². The van der Waals surface area contributed by atoms with Crippen molar-refractivity contribution in [2.24, 2.45) is 0 Å². The Morgan fingerprint density at radius 2 is 2.31 bits per heavy atom. The number of amides is 2. The van der Waals surface area contributed by atoms with Gasteiger partial charge in [0.2, 0.25) is 0 Å². The number of aromatic nitrogens is 2. The molecule has 0 fully saturated rings. The van der Waals surface area contributed by atoms with Crippen LogP contribution < -0.4 is 16.3 Å². The summed E-state index contributed by atoms with van der Waals surface area (Å²) in [6.45, 7) is 4.40. The van der Waals surface area contributed by atoms with Gasteiger partial charge in [0.1, 0.15) is 6.33 Å². The smallest absolute Gasteiger partial charge is 0.333 e. The fourth-order valence-electron chi connectivity index (χ4n) is 1.14. The first-order valence-corrected chi connectivity index (χ1v) is 5.23. The Morgan fingerprint density at radius 3 is 2.94 bits per heavy atom. The molecule has 2 amide bonds. The quantitative estimate of drug-likeness (QED) is 0.735. The molecule has 6 nitrogen and oxygen atoms in total. The lowest BCUT2D eigenvalue weighted by Gasteiger charge is -2.11. The topological polar surface area (TPSA) is 76.0 Å². The first-order chi connectivity index (χ1) is 7.63. The fraction of sp³-hybridized carbons (Fsp3) is 0.500. The van der Waals surface area contributed by atoms with Crippen molar-refractivity contribution in [3.8, 4) is 0 Å². The number of hydrogen-bond donors (Lipinski definition) is 2. The number of aryl methyl sites for hydroxylation is 1. The molecular weight excluding hydrogens is 208 g/mol. The van der Waals surface area contributed by atoms with E-state index in [0.29, 0.717) is 12.2 Å². The van der Waals surface area contributed by atoms with Gasteiger partial charge in [0.05, 0.1) is 0 Å². The number of carbonyl (C=O) groups is 1. The number of hydrogen-bond acceptors (Lipinski definition) is 3. The summed E-state index contributed by atoms with van der Waals surface area (Å²) in [7, 11) is 0. The van der Waals surface area contributed by atoms with E-state index in [0.717, 1.165) is 12.8 Å². The van der Waals surface area contributed by atoms with Crippen LogP contribution in [-0.2, 0) is 0 Å². The highest BCUT2D eigenvalue weighted by atomic mass is 16.2. The Balaban J connectivity index is 2.53. The average molecular weight is 224 g/mol. The van der Waals surface area contributed by atoms with Crippen molar-refractivity contribution in [1.82, 2.24) is 15.0 Å². The molecule has 1 aromatic heterocycles. The lowest BCUT2D eigenvalue weighted by Crippen LogP contribution is -2.36. The van der Waals surface area contributed by atoms with Crippen molar-refractivity contribution in [3.63, 3.8) is 0 Å². The molecule has 0 unspecified atom stereocenters. The summed E-state index contributed by atoms with van der Waals surface area (Å²) in [5, 5.41) is 2.70. The Labute approximate surface area is 93.7 Å². The van der Waals surface area contributed by atoms with E-state index in [-0.39, 0.29) is 11.6 Å². The average Bonchev–Trinajstić information content (AvgIpc) is 2.23. The van der Waals surface area contributed by atoms with E-state index in [1.807, 2.05) is 0 Å². The molecule has 0 aliphatic carbocycles. The van der Waals surface area contributed by atoms with Crippen LogP contribution in [0.25, 0.3) is 0 Å². The molecule has 0 aliphatic rings. The van der Waals surface area contributed by atoms with Gasteiger partial charge in [-0.15, -0.1) is 0 Å². The molecule has 0 spiro atoms. The van der Waals surface area contributed by atoms with Crippen molar-refractivity contribution in [3.05, 3.63) is 28.4 Å². The van der Waals surface area contributed by atoms with Crippen molar-refractivity contribution < 1.29 is 4.79 Å². The molecule has 1 aromatic rings. The van der Waals surface area contributed by atoms with Crippen molar-refractivity contribution in [1.29, 1.82) is 0 Å². The van der Waals surface area contributed by atoms with Gasteiger partial charge in [-0.1, -0.05) is 13.3 Å². The van der Waals surface area contributed by atoms with Crippen LogP contribution in [0.4, 0.5) is 4.79 Å². The maximum Gasteiger partial charge on any atom is 0.333 e. The van der Waals surface area contributed by atoms with Crippen LogP contribution in [0.2, 0.25) is 0 Å². The van der Waals surface area contributed by atoms with E-state index in [1.54, 1.807) is 6.92 Å². The van der Waals surface area contributed by atoms with Gasteiger partial charge in [0.15, 0.2) is 0 Å². The number of nitrogens with one attached hydrogen (secondary N) is 2. The maximum absolute atomic E-state index is 11.4. The summed E-state index contributed by atoms with van der Waals surface area (Å²) in [6, 6.07) is 1.05. The second kappa shape index (κ2) is 5.89. The van der Waals surface area contributed by atoms with E-state index in [2.05, 4.69) is 22.7 Å². The lowest BCUT2D eigenvalue weighted by molar-refractivity contribution is 0.249. The van der Waals surface area contributed by atoms with Crippen LogP contribution in [0.3, 0.4) is 0 Å². The summed E-state index contributed by atoms with van der Waals surface area (Å²) in [6.07, 6.45) is 3.25. The molecule has 0 atom stereocenters. The summed E-state index contributed by atoms with van der Waals surface area (Å²) < 4.78 is 1.41. The Hall–Kier alpha value is -1.85. The third-order valence-electron chi connectivity index (χ3n) is 2.05. The molecule has 0 aromatic carbocycles. The fourth-order valence-corrected chi connectivity index (χ4v) is 1.14. The van der Waals surface area contributed by atoms with E-state index in [4.69, 9.17) is 0 Å². The molecule has 1 rings (SSSR count). The van der Waals surface area contributed by atoms with Crippen LogP contribution in [0.5, 0.6) is 0 Å². The Bertz CT molecular complexity index is 414. The molecule has 0 radical (unpaired) electrons. The molecule has 16 heavy (non-hydrogen) atoms. The monoisotopic (exact) mass is 224 g/mol. The first-order valence-electron chi connectivity index (χ1n) is 5.23. The van der Waals surface area contributed by atoms with Gasteiger partial charge in [0.25, 0.3) is 5.56 Å². The molecule has 0 bridgehead atoms. The van der Waals surface area contributed by atoms with Crippen LogP contribution in [-0.4, -0.2) is 22.2 Å². The molecule has 88 valence electrons. The Kier molecular flexibility index (Phi) is 4.50. The van der Waals surface area contributed by atoms with Crippen LogP contribution in [0, 0.1) is 6.92 Å². The van der Waals surface area contributed by atoms with E-state index >= 15 is 0 Å². The molecule has 1 heterocycles. The van der Waals surface area contributed by atoms with E-state index < -0.39 is 0 Å². The van der Waals surface area contributed by atoms with Gasteiger partial charge < -0.3 is 5.32 Å². The summed E-state index contributed by atoms with van der Waals surface area (Å²) in [4.78, 5) is 25.8. The summed E-state index contributed by atoms with van der Waals surface area (Å²) in [5.41, 5.74) is 2.87. The molecule has 2 N–H and O–H groups in total. The van der Waals surface area contributed by atoms with Crippen molar-refractivity contribution in [2.75, 3.05) is 12.0 Å². The molecular formula is C10H16N4O2. The minimum absolute atomic E-state index is 0.304. The number of unbranched alkanes of at least 4 members (excludes halogenated alkanes) is 1. The molecule has 6 heteroatoms. The number of nitrogens with zero attached hydrogens (tertiary/aromatic N) is 2. The van der Waals surface area contributed by atoms with E-state index in [1.165, 1.54) is 17.1 Å². The van der Waals surface area contributed by atoms with E-state index in [9.17, 15) is 9.59 Å². The van der Waals surface area contributed by atoms with Crippen LogP contribution >= 0.6 is 0 Å². The van der Waals surface area contributed by atoms with Gasteiger partial charge in [0, 0.05) is 18.3 Å². The minimum Gasteiger partial charge on any atom is -0.337 e. The van der Waals surface area contributed by atoms with Gasteiger partial charge in [-0.05, 0) is 13.3 Å².